The lowest BCUT2D eigenvalue weighted by molar-refractivity contribution is -0.114. The predicted molar refractivity (Wildman–Crippen MR) is 129 cm³/mol. The number of carbonyl (C=O) groups is 2. The molecule has 166 valence electrons. The van der Waals surface area contributed by atoms with Gasteiger partial charge in [-0.25, -0.2) is 4.68 Å². The van der Waals surface area contributed by atoms with Gasteiger partial charge in [-0.15, -0.1) is 0 Å². The maximum absolute atomic E-state index is 11.9. The van der Waals surface area contributed by atoms with Crippen LogP contribution in [0.2, 0.25) is 5.02 Å². The van der Waals surface area contributed by atoms with Crippen molar-refractivity contribution >= 4 is 29.0 Å². The number of para-hydroxylation sites is 1. The van der Waals surface area contributed by atoms with Crippen molar-refractivity contribution in [1.82, 2.24) is 9.78 Å². The summed E-state index contributed by atoms with van der Waals surface area (Å²) in [5.41, 5.74) is 4.39. The molecule has 0 atom stereocenters. The molecule has 1 N–H and O–H groups in total. The predicted octanol–water partition coefficient (Wildman–Crippen LogP) is 5.93. The largest absolute Gasteiger partial charge is 0.487 e. The fraction of sp³-hybridized carbons (Fsp3) is 0.115. The van der Waals surface area contributed by atoms with E-state index in [1.54, 1.807) is 22.9 Å². The fourth-order valence-electron chi connectivity index (χ4n) is 3.39. The van der Waals surface area contributed by atoms with Crippen LogP contribution < -0.4 is 10.1 Å². The van der Waals surface area contributed by atoms with Crippen molar-refractivity contribution in [2.24, 2.45) is 0 Å². The van der Waals surface area contributed by atoms with Crippen LogP contribution in [0.15, 0.2) is 79.0 Å². The zero-order valence-electron chi connectivity index (χ0n) is 18.2. The van der Waals surface area contributed by atoms with Crippen LogP contribution in [0.1, 0.15) is 29.8 Å². The van der Waals surface area contributed by atoms with Gasteiger partial charge in [-0.3, -0.25) is 9.59 Å². The number of hydrogen-bond donors (Lipinski definition) is 1. The highest BCUT2D eigenvalue weighted by Crippen LogP contribution is 2.30. The van der Waals surface area contributed by atoms with E-state index in [1.165, 1.54) is 13.8 Å². The van der Waals surface area contributed by atoms with Gasteiger partial charge in [-0.1, -0.05) is 41.9 Å². The van der Waals surface area contributed by atoms with Crippen LogP contribution in [0.5, 0.6) is 5.75 Å². The minimum absolute atomic E-state index is 0.0898. The van der Waals surface area contributed by atoms with Crippen molar-refractivity contribution < 1.29 is 14.3 Å². The number of aromatic nitrogens is 2. The Morgan fingerprint density at radius 1 is 1.00 bits per heavy atom. The Morgan fingerprint density at radius 3 is 2.39 bits per heavy atom. The summed E-state index contributed by atoms with van der Waals surface area (Å²) in [7, 11) is 0. The number of ether oxygens (including phenoxy) is 1. The summed E-state index contributed by atoms with van der Waals surface area (Å²) in [4.78, 5) is 23.5. The molecule has 1 amide bonds. The molecule has 0 aliphatic heterocycles. The van der Waals surface area contributed by atoms with E-state index in [0.29, 0.717) is 22.0 Å². The second-order valence-electron chi connectivity index (χ2n) is 7.53. The van der Waals surface area contributed by atoms with Gasteiger partial charge in [0.15, 0.2) is 5.78 Å². The smallest absolute Gasteiger partial charge is 0.221 e. The van der Waals surface area contributed by atoms with Gasteiger partial charge in [0.2, 0.25) is 5.91 Å². The van der Waals surface area contributed by atoms with Crippen molar-refractivity contribution in [1.29, 1.82) is 0 Å². The molecular weight excluding hydrogens is 438 g/mol. The lowest BCUT2D eigenvalue weighted by Gasteiger charge is -2.13. The number of hydrogen-bond acceptors (Lipinski definition) is 4. The third-order valence-electron chi connectivity index (χ3n) is 5.01. The van der Waals surface area contributed by atoms with Gasteiger partial charge in [0.1, 0.15) is 12.4 Å². The molecule has 1 aromatic heterocycles. The van der Waals surface area contributed by atoms with Crippen LogP contribution in [0, 0.1) is 0 Å². The third kappa shape index (κ3) is 5.30. The van der Waals surface area contributed by atoms with Crippen LogP contribution in [0.3, 0.4) is 0 Å². The Kier molecular flexibility index (Phi) is 6.56. The van der Waals surface area contributed by atoms with Crippen molar-refractivity contribution in [3.05, 3.63) is 95.1 Å². The third-order valence-corrected chi connectivity index (χ3v) is 5.26. The monoisotopic (exact) mass is 459 g/mol. The van der Waals surface area contributed by atoms with E-state index in [1.807, 2.05) is 60.8 Å². The second-order valence-corrected chi connectivity index (χ2v) is 7.96. The summed E-state index contributed by atoms with van der Waals surface area (Å²) in [5, 5.41) is 8.17. The maximum Gasteiger partial charge on any atom is 0.221 e. The number of halogens is 1. The van der Waals surface area contributed by atoms with Crippen LogP contribution >= 0.6 is 11.6 Å². The van der Waals surface area contributed by atoms with Gasteiger partial charge in [0.25, 0.3) is 0 Å². The van der Waals surface area contributed by atoms with Crippen molar-refractivity contribution in [2.45, 2.75) is 20.5 Å². The van der Waals surface area contributed by atoms with E-state index in [4.69, 9.17) is 21.4 Å². The van der Waals surface area contributed by atoms with Gasteiger partial charge in [0.05, 0.1) is 17.1 Å². The Labute approximate surface area is 196 Å². The van der Waals surface area contributed by atoms with E-state index in [0.717, 1.165) is 22.5 Å². The van der Waals surface area contributed by atoms with Crippen molar-refractivity contribution in [3.8, 4) is 22.7 Å². The number of nitrogens with zero attached hydrogens (tertiary/aromatic N) is 2. The lowest BCUT2D eigenvalue weighted by Crippen LogP contribution is -2.09. The molecule has 0 aliphatic carbocycles. The van der Waals surface area contributed by atoms with Gasteiger partial charge >= 0.3 is 0 Å². The van der Waals surface area contributed by atoms with E-state index < -0.39 is 0 Å². The molecule has 0 spiro atoms. The Balaban J connectivity index is 1.71. The van der Waals surface area contributed by atoms with Crippen molar-refractivity contribution in [3.63, 3.8) is 0 Å². The molecule has 7 heteroatoms. The highest BCUT2D eigenvalue weighted by molar-refractivity contribution is 6.30. The number of rotatable bonds is 7. The van der Waals surface area contributed by atoms with Crippen LogP contribution in [-0.4, -0.2) is 21.5 Å². The molecule has 0 radical (unpaired) electrons. The van der Waals surface area contributed by atoms with Crippen LogP contribution in [-0.2, 0) is 11.4 Å². The normalized spacial score (nSPS) is 10.6. The number of amides is 1. The quantitative estimate of drug-likeness (QED) is 0.347. The van der Waals surface area contributed by atoms with E-state index in [2.05, 4.69) is 5.32 Å². The highest BCUT2D eigenvalue weighted by atomic mass is 35.5. The first-order valence-electron chi connectivity index (χ1n) is 10.4. The molecule has 0 fully saturated rings. The van der Waals surface area contributed by atoms with E-state index >= 15 is 0 Å². The number of anilines is 1. The summed E-state index contributed by atoms with van der Waals surface area (Å²) >= 11 is 6.07. The summed E-state index contributed by atoms with van der Waals surface area (Å²) in [6.45, 7) is 3.09. The molecule has 0 unspecified atom stereocenters. The SMILES string of the molecule is CC(=O)Nc1ccc(C(C)=O)cc1OCc1cn(-c2ccccc2)nc1-c1ccc(Cl)cc1. The Hall–Kier alpha value is -3.90. The lowest BCUT2D eigenvalue weighted by atomic mass is 10.1. The first-order chi connectivity index (χ1) is 15.9. The zero-order chi connectivity index (χ0) is 23.4. The topological polar surface area (TPSA) is 73.2 Å². The fourth-order valence-corrected chi connectivity index (χ4v) is 3.51. The molecule has 1 heterocycles. The molecule has 0 saturated carbocycles. The number of nitrogens with one attached hydrogen (secondary N) is 1. The van der Waals surface area contributed by atoms with Gasteiger partial charge in [-0.05, 0) is 49.4 Å². The standard InChI is InChI=1S/C26H22ClN3O3/c1-17(31)20-10-13-24(28-18(2)32)25(14-20)33-16-21-15-30(23-6-4-3-5-7-23)29-26(21)19-8-11-22(27)12-9-19/h3-15H,16H2,1-2H3,(H,28,32). The average molecular weight is 460 g/mol. The molecule has 33 heavy (non-hydrogen) atoms. The van der Waals surface area contributed by atoms with E-state index in [-0.39, 0.29) is 18.3 Å². The molecule has 0 aliphatic rings. The number of Topliss-reactive ketones (excluding diaryl/α,β-unsaturated/α-hetero) is 1. The van der Waals surface area contributed by atoms with E-state index in [9.17, 15) is 9.59 Å². The van der Waals surface area contributed by atoms with Crippen molar-refractivity contribution in [2.75, 3.05) is 5.32 Å². The molecule has 4 aromatic rings. The second kappa shape index (κ2) is 9.71. The molecular formula is C26H22ClN3O3. The molecule has 0 saturated heterocycles. The number of carbonyl (C=O) groups excluding carboxylic acids is 2. The zero-order valence-corrected chi connectivity index (χ0v) is 19.0. The van der Waals surface area contributed by atoms with Crippen LogP contribution in [0.25, 0.3) is 16.9 Å². The molecule has 3 aromatic carbocycles. The maximum atomic E-state index is 11.9. The summed E-state index contributed by atoms with van der Waals surface area (Å²) in [6.07, 6.45) is 1.91. The summed E-state index contributed by atoms with van der Waals surface area (Å²) in [5.74, 6) is 0.0922. The Morgan fingerprint density at radius 2 is 1.73 bits per heavy atom. The Bertz CT molecular complexity index is 1300. The average Bonchev–Trinajstić information content (AvgIpc) is 3.23. The minimum Gasteiger partial charge on any atom is -0.487 e. The van der Waals surface area contributed by atoms with Crippen LogP contribution in [0.4, 0.5) is 5.69 Å². The first kappa shape index (κ1) is 22.3. The number of benzene rings is 3. The number of ketones is 1. The van der Waals surface area contributed by atoms with Gasteiger partial charge in [-0.2, -0.15) is 5.10 Å². The highest BCUT2D eigenvalue weighted by Gasteiger charge is 2.15. The van der Waals surface area contributed by atoms with Gasteiger partial charge in [0, 0.05) is 34.8 Å². The molecule has 6 nitrogen and oxygen atoms in total. The molecule has 4 rings (SSSR count). The summed E-state index contributed by atoms with van der Waals surface area (Å²) < 4.78 is 7.90. The minimum atomic E-state index is -0.228. The molecule has 0 bridgehead atoms. The summed E-state index contributed by atoms with van der Waals surface area (Å²) in [6, 6.07) is 22.2. The van der Waals surface area contributed by atoms with Gasteiger partial charge < -0.3 is 10.1 Å². The first-order valence-corrected chi connectivity index (χ1v) is 10.7.